The van der Waals surface area contributed by atoms with Crippen LogP contribution < -0.4 is 9.47 Å². The summed E-state index contributed by atoms with van der Waals surface area (Å²) in [5, 5.41) is 9.01. The average molecular weight is 295 g/mol. The molecule has 4 nitrogen and oxygen atoms in total. The predicted molar refractivity (Wildman–Crippen MR) is 73.2 cm³/mol. The van der Waals surface area contributed by atoms with Gasteiger partial charge in [-0.15, -0.1) is 10.2 Å². The molecule has 0 fully saturated rings. The lowest BCUT2D eigenvalue weighted by atomic mass is 10.3. The first-order valence-corrected chi connectivity index (χ1v) is 7.07. The van der Waals surface area contributed by atoms with Crippen LogP contribution in [0.25, 0.3) is 0 Å². The number of ether oxygens (including phenoxy) is 2. The lowest BCUT2D eigenvalue weighted by Crippen LogP contribution is -1.97. The molecule has 0 radical (unpaired) electrons. The van der Waals surface area contributed by atoms with Crippen molar-refractivity contribution in [1.29, 1.82) is 0 Å². The first-order valence-electron chi connectivity index (χ1n) is 5.88. The Hall–Kier alpha value is -1.46. The highest BCUT2D eigenvalue weighted by Crippen LogP contribution is 2.35. The Labute approximate surface area is 120 Å². The van der Waals surface area contributed by atoms with Gasteiger partial charge in [0.15, 0.2) is 16.7 Å². The molecule has 0 aliphatic carbocycles. The van der Waals surface area contributed by atoms with Crippen molar-refractivity contribution >= 4 is 23.4 Å². The fourth-order valence-electron chi connectivity index (χ4n) is 1.69. The topological polar surface area (TPSA) is 44.2 Å². The molecule has 0 saturated heterocycles. The highest BCUT2D eigenvalue weighted by atomic mass is 35.5. The van der Waals surface area contributed by atoms with Gasteiger partial charge in [0.25, 0.3) is 0 Å². The maximum Gasteiger partial charge on any atom is 0.162 e. The van der Waals surface area contributed by atoms with Gasteiger partial charge in [0.1, 0.15) is 5.03 Å². The van der Waals surface area contributed by atoms with E-state index in [1.807, 2.05) is 24.3 Å². The van der Waals surface area contributed by atoms with Crippen LogP contribution in [-0.2, 0) is 0 Å². The number of hydrogen-bond donors (Lipinski definition) is 0. The largest absolute Gasteiger partial charge is 0.490 e. The molecule has 1 aromatic carbocycles. The second kappa shape index (κ2) is 5.67. The Morgan fingerprint density at radius 2 is 1.84 bits per heavy atom. The van der Waals surface area contributed by atoms with Crippen LogP contribution in [0, 0.1) is 0 Å². The number of benzene rings is 1. The third-order valence-corrected chi connectivity index (χ3v) is 3.67. The fourth-order valence-corrected chi connectivity index (χ4v) is 2.55. The number of fused-ring (bicyclic) bond motifs is 1. The fraction of sp³-hybridized carbons (Fsp3) is 0.231. The minimum absolute atomic E-state index is 0.392. The van der Waals surface area contributed by atoms with Crippen LogP contribution in [0.5, 0.6) is 11.5 Å². The van der Waals surface area contributed by atoms with E-state index in [-0.39, 0.29) is 0 Å². The number of hydrogen-bond acceptors (Lipinski definition) is 5. The van der Waals surface area contributed by atoms with Crippen molar-refractivity contribution in [3.8, 4) is 11.5 Å². The second-order valence-electron chi connectivity index (χ2n) is 3.96. The van der Waals surface area contributed by atoms with Crippen molar-refractivity contribution in [2.45, 2.75) is 16.3 Å². The lowest BCUT2D eigenvalue weighted by molar-refractivity contribution is 0.297. The summed E-state index contributed by atoms with van der Waals surface area (Å²) in [6, 6.07) is 9.42. The standard InChI is InChI=1S/C13H11ClN2O2S/c14-12-4-5-13(16-15-12)19-9-2-3-10-11(8-9)18-7-1-6-17-10/h2-5,8H,1,6-7H2. The van der Waals surface area contributed by atoms with Crippen molar-refractivity contribution in [1.82, 2.24) is 10.2 Å². The normalized spacial score (nSPS) is 13.9. The Kier molecular flexibility index (Phi) is 3.75. The quantitative estimate of drug-likeness (QED) is 0.849. The molecule has 98 valence electrons. The summed E-state index contributed by atoms with van der Waals surface area (Å²) in [6.07, 6.45) is 0.903. The predicted octanol–water partition coefficient (Wildman–Crippen LogP) is 3.44. The van der Waals surface area contributed by atoms with Gasteiger partial charge in [-0.3, -0.25) is 0 Å². The van der Waals surface area contributed by atoms with E-state index in [0.717, 1.165) is 27.8 Å². The van der Waals surface area contributed by atoms with Gasteiger partial charge in [-0.1, -0.05) is 23.4 Å². The van der Waals surface area contributed by atoms with Crippen LogP contribution in [0.4, 0.5) is 0 Å². The molecule has 0 bridgehead atoms. The van der Waals surface area contributed by atoms with Crippen molar-refractivity contribution in [3.05, 3.63) is 35.5 Å². The first kappa shape index (κ1) is 12.6. The molecule has 0 N–H and O–H groups in total. The van der Waals surface area contributed by atoms with E-state index >= 15 is 0 Å². The van der Waals surface area contributed by atoms with Gasteiger partial charge in [-0.2, -0.15) is 0 Å². The minimum Gasteiger partial charge on any atom is -0.490 e. The molecular weight excluding hydrogens is 284 g/mol. The zero-order valence-corrected chi connectivity index (χ0v) is 11.6. The second-order valence-corrected chi connectivity index (χ2v) is 5.44. The minimum atomic E-state index is 0.392. The zero-order chi connectivity index (χ0) is 13.1. The zero-order valence-electron chi connectivity index (χ0n) is 10.0. The van der Waals surface area contributed by atoms with Crippen molar-refractivity contribution in [2.75, 3.05) is 13.2 Å². The van der Waals surface area contributed by atoms with E-state index in [2.05, 4.69) is 10.2 Å². The van der Waals surface area contributed by atoms with Crippen LogP contribution in [0.2, 0.25) is 5.15 Å². The molecule has 3 rings (SSSR count). The Morgan fingerprint density at radius 1 is 1.00 bits per heavy atom. The van der Waals surface area contributed by atoms with E-state index in [1.165, 1.54) is 11.8 Å². The summed E-state index contributed by atoms with van der Waals surface area (Å²) < 4.78 is 11.2. The molecule has 0 spiro atoms. The van der Waals surface area contributed by atoms with Gasteiger partial charge >= 0.3 is 0 Å². The molecule has 19 heavy (non-hydrogen) atoms. The summed E-state index contributed by atoms with van der Waals surface area (Å²) in [5.74, 6) is 1.58. The number of halogens is 1. The van der Waals surface area contributed by atoms with Gasteiger partial charge in [-0.05, 0) is 30.3 Å². The smallest absolute Gasteiger partial charge is 0.162 e. The maximum atomic E-state index is 5.71. The summed E-state index contributed by atoms with van der Waals surface area (Å²) in [7, 11) is 0. The first-order chi connectivity index (χ1) is 9.31. The van der Waals surface area contributed by atoms with Crippen LogP contribution in [0.1, 0.15) is 6.42 Å². The van der Waals surface area contributed by atoms with Gasteiger partial charge < -0.3 is 9.47 Å². The number of aromatic nitrogens is 2. The van der Waals surface area contributed by atoms with Crippen LogP contribution in [0.3, 0.4) is 0 Å². The molecule has 1 aliphatic rings. The Morgan fingerprint density at radius 3 is 2.63 bits per heavy atom. The van der Waals surface area contributed by atoms with Crippen molar-refractivity contribution < 1.29 is 9.47 Å². The van der Waals surface area contributed by atoms with E-state index in [1.54, 1.807) is 6.07 Å². The molecule has 1 aliphatic heterocycles. The van der Waals surface area contributed by atoms with Gasteiger partial charge in [0.05, 0.1) is 13.2 Å². The van der Waals surface area contributed by atoms with Crippen molar-refractivity contribution in [2.24, 2.45) is 0 Å². The van der Waals surface area contributed by atoms with Gasteiger partial charge in [-0.25, -0.2) is 0 Å². The number of rotatable bonds is 2. The van der Waals surface area contributed by atoms with Gasteiger partial charge in [0, 0.05) is 11.3 Å². The lowest BCUT2D eigenvalue weighted by Gasteiger charge is -2.08. The summed E-state index contributed by atoms with van der Waals surface area (Å²) in [5.41, 5.74) is 0. The van der Waals surface area contributed by atoms with Crippen molar-refractivity contribution in [3.63, 3.8) is 0 Å². The van der Waals surface area contributed by atoms with E-state index in [4.69, 9.17) is 21.1 Å². The molecular formula is C13H11ClN2O2S. The molecule has 0 saturated carbocycles. The summed E-state index contributed by atoms with van der Waals surface area (Å²) in [4.78, 5) is 1.03. The highest BCUT2D eigenvalue weighted by molar-refractivity contribution is 7.99. The maximum absolute atomic E-state index is 5.71. The van der Waals surface area contributed by atoms with E-state index < -0.39 is 0 Å². The molecule has 0 atom stereocenters. The average Bonchev–Trinajstić information content (AvgIpc) is 2.66. The molecule has 2 heterocycles. The van der Waals surface area contributed by atoms with Crippen LogP contribution in [-0.4, -0.2) is 23.4 Å². The number of nitrogens with zero attached hydrogens (tertiary/aromatic N) is 2. The monoisotopic (exact) mass is 294 g/mol. The summed E-state index contributed by atoms with van der Waals surface area (Å²) in [6.45, 7) is 1.38. The molecule has 2 aromatic rings. The molecule has 6 heteroatoms. The van der Waals surface area contributed by atoms with Crippen LogP contribution in [0.15, 0.2) is 40.3 Å². The van der Waals surface area contributed by atoms with Crippen LogP contribution >= 0.6 is 23.4 Å². The third-order valence-electron chi connectivity index (χ3n) is 2.55. The third kappa shape index (κ3) is 3.11. The summed E-state index contributed by atoms with van der Waals surface area (Å²) >= 11 is 7.22. The van der Waals surface area contributed by atoms with E-state index in [9.17, 15) is 0 Å². The Bertz CT molecular complexity index is 577. The molecule has 1 aromatic heterocycles. The van der Waals surface area contributed by atoms with E-state index in [0.29, 0.717) is 18.4 Å². The molecule has 0 amide bonds. The highest BCUT2D eigenvalue weighted by Gasteiger charge is 2.11. The SMILES string of the molecule is Clc1ccc(Sc2ccc3c(c2)OCCCO3)nn1. The molecule has 0 unspecified atom stereocenters. The van der Waals surface area contributed by atoms with Gasteiger partial charge in [0.2, 0.25) is 0 Å². The Balaban J connectivity index is 1.81.